The molecule has 0 saturated carbocycles. The summed E-state index contributed by atoms with van der Waals surface area (Å²) in [5.41, 5.74) is 1.44. The third kappa shape index (κ3) is 3.77. The minimum absolute atomic E-state index is 0.206. The van der Waals surface area contributed by atoms with E-state index in [-0.39, 0.29) is 5.92 Å². The SMILES string of the molecule is CC(C)c1ccccc1NC(=O)C1C(=O)NC(C)(Cc2ccccc2)C1=O. The molecule has 5 nitrogen and oxygen atoms in total. The highest BCUT2D eigenvalue weighted by molar-refractivity contribution is 6.27. The number of Topliss-reactive ketones (excluding diaryl/α,β-unsaturated/α-hetero) is 1. The van der Waals surface area contributed by atoms with Gasteiger partial charge in [0.1, 0.15) is 5.54 Å². The fraction of sp³-hybridized carbons (Fsp3) is 0.318. The standard InChI is InChI=1S/C22H24N2O3/c1-14(2)16-11-7-8-12-17(16)23-20(26)18-19(25)22(3,24-21(18)27)13-15-9-5-4-6-10-15/h4-12,14,18H,13H2,1-3H3,(H,23,26)(H,24,27). The fourth-order valence-corrected chi connectivity index (χ4v) is 3.54. The Labute approximate surface area is 159 Å². The van der Waals surface area contributed by atoms with E-state index < -0.39 is 29.1 Å². The van der Waals surface area contributed by atoms with Crippen LogP contribution in [0.5, 0.6) is 0 Å². The van der Waals surface area contributed by atoms with Crippen LogP contribution in [0.2, 0.25) is 0 Å². The van der Waals surface area contributed by atoms with Crippen molar-refractivity contribution in [1.82, 2.24) is 5.32 Å². The summed E-state index contributed by atoms with van der Waals surface area (Å²) in [4.78, 5) is 38.2. The van der Waals surface area contributed by atoms with E-state index in [4.69, 9.17) is 0 Å². The number of carbonyl (C=O) groups is 3. The van der Waals surface area contributed by atoms with E-state index in [0.29, 0.717) is 12.1 Å². The quantitative estimate of drug-likeness (QED) is 0.801. The molecule has 0 aliphatic carbocycles. The van der Waals surface area contributed by atoms with E-state index in [1.165, 1.54) is 0 Å². The summed E-state index contributed by atoms with van der Waals surface area (Å²) in [5, 5.41) is 5.51. The summed E-state index contributed by atoms with van der Waals surface area (Å²) >= 11 is 0. The smallest absolute Gasteiger partial charge is 0.244 e. The zero-order valence-electron chi connectivity index (χ0n) is 15.8. The van der Waals surface area contributed by atoms with Gasteiger partial charge in [-0.3, -0.25) is 14.4 Å². The van der Waals surface area contributed by atoms with Gasteiger partial charge in [0, 0.05) is 12.1 Å². The molecule has 2 N–H and O–H groups in total. The largest absolute Gasteiger partial charge is 0.342 e. The molecule has 2 amide bonds. The van der Waals surface area contributed by atoms with Crippen LogP contribution in [0.3, 0.4) is 0 Å². The Morgan fingerprint density at radius 2 is 1.70 bits per heavy atom. The van der Waals surface area contributed by atoms with Gasteiger partial charge in [0.15, 0.2) is 11.7 Å². The lowest BCUT2D eigenvalue weighted by atomic mass is 9.86. The number of hydrogen-bond acceptors (Lipinski definition) is 3. The minimum Gasteiger partial charge on any atom is -0.342 e. The molecule has 2 aromatic carbocycles. The monoisotopic (exact) mass is 364 g/mol. The van der Waals surface area contributed by atoms with E-state index in [2.05, 4.69) is 10.6 Å². The molecule has 1 saturated heterocycles. The number of para-hydroxylation sites is 1. The summed E-state index contributed by atoms with van der Waals surface area (Å²) in [5.74, 6) is -2.65. The van der Waals surface area contributed by atoms with Gasteiger partial charge in [-0.1, -0.05) is 62.4 Å². The Bertz CT molecular complexity index is 876. The predicted octanol–water partition coefficient (Wildman–Crippen LogP) is 3.07. The van der Waals surface area contributed by atoms with Gasteiger partial charge in [0.2, 0.25) is 11.8 Å². The third-order valence-corrected chi connectivity index (χ3v) is 4.97. The highest BCUT2D eigenvalue weighted by Crippen LogP contribution is 2.28. The highest BCUT2D eigenvalue weighted by Gasteiger charge is 2.52. The first-order valence-electron chi connectivity index (χ1n) is 9.12. The van der Waals surface area contributed by atoms with Crippen LogP contribution >= 0.6 is 0 Å². The van der Waals surface area contributed by atoms with Crippen molar-refractivity contribution in [2.45, 2.75) is 38.6 Å². The van der Waals surface area contributed by atoms with Gasteiger partial charge in [0.05, 0.1) is 0 Å². The summed E-state index contributed by atoms with van der Waals surface area (Å²) in [6, 6.07) is 16.9. The van der Waals surface area contributed by atoms with Crippen LogP contribution < -0.4 is 10.6 Å². The summed E-state index contributed by atoms with van der Waals surface area (Å²) in [6.07, 6.45) is 0.352. The minimum atomic E-state index is -1.33. The molecule has 3 rings (SSSR count). The lowest BCUT2D eigenvalue weighted by Gasteiger charge is -2.22. The Morgan fingerprint density at radius 3 is 2.37 bits per heavy atom. The van der Waals surface area contributed by atoms with Gasteiger partial charge in [-0.05, 0) is 30.0 Å². The molecule has 1 heterocycles. The van der Waals surface area contributed by atoms with E-state index in [9.17, 15) is 14.4 Å². The highest BCUT2D eigenvalue weighted by atomic mass is 16.2. The molecule has 0 bridgehead atoms. The number of rotatable bonds is 5. The van der Waals surface area contributed by atoms with Crippen LogP contribution in [0.1, 0.15) is 37.8 Å². The van der Waals surface area contributed by atoms with Crippen molar-refractivity contribution in [3.8, 4) is 0 Å². The molecule has 1 aliphatic heterocycles. The van der Waals surface area contributed by atoms with Gasteiger partial charge < -0.3 is 10.6 Å². The predicted molar refractivity (Wildman–Crippen MR) is 104 cm³/mol. The molecule has 0 radical (unpaired) electrons. The lowest BCUT2D eigenvalue weighted by Crippen LogP contribution is -2.45. The molecule has 5 heteroatoms. The lowest BCUT2D eigenvalue weighted by molar-refractivity contribution is -0.135. The van der Waals surface area contributed by atoms with Crippen molar-refractivity contribution in [3.05, 3.63) is 65.7 Å². The number of hydrogen-bond donors (Lipinski definition) is 2. The van der Waals surface area contributed by atoms with Crippen LogP contribution in [-0.2, 0) is 20.8 Å². The van der Waals surface area contributed by atoms with Gasteiger partial charge >= 0.3 is 0 Å². The van der Waals surface area contributed by atoms with Gasteiger partial charge in [-0.2, -0.15) is 0 Å². The summed E-state index contributed by atoms with van der Waals surface area (Å²) in [7, 11) is 0. The van der Waals surface area contributed by atoms with Crippen LogP contribution in [0.4, 0.5) is 5.69 Å². The van der Waals surface area contributed by atoms with Crippen molar-refractivity contribution >= 4 is 23.3 Å². The second-order valence-electron chi connectivity index (χ2n) is 7.51. The number of anilines is 1. The van der Waals surface area contributed by atoms with Crippen LogP contribution in [0.15, 0.2) is 54.6 Å². The Morgan fingerprint density at radius 1 is 1.07 bits per heavy atom. The second kappa shape index (κ2) is 7.35. The van der Waals surface area contributed by atoms with E-state index in [1.54, 1.807) is 13.0 Å². The molecule has 0 spiro atoms. The molecule has 140 valence electrons. The Kier molecular flexibility index (Phi) is 5.13. The molecular weight excluding hydrogens is 340 g/mol. The zero-order valence-corrected chi connectivity index (χ0v) is 15.8. The first-order chi connectivity index (χ1) is 12.8. The van der Waals surface area contributed by atoms with Crippen molar-refractivity contribution in [3.63, 3.8) is 0 Å². The number of amides is 2. The second-order valence-corrected chi connectivity index (χ2v) is 7.51. The average Bonchev–Trinajstić information content (AvgIpc) is 2.84. The molecule has 2 atom stereocenters. The maximum Gasteiger partial charge on any atom is 0.244 e. The van der Waals surface area contributed by atoms with Gasteiger partial charge in [-0.25, -0.2) is 0 Å². The molecule has 2 aromatic rings. The topological polar surface area (TPSA) is 75.3 Å². The van der Waals surface area contributed by atoms with E-state index in [1.807, 2.05) is 62.4 Å². The first-order valence-corrected chi connectivity index (χ1v) is 9.12. The van der Waals surface area contributed by atoms with Gasteiger partial charge in [-0.15, -0.1) is 0 Å². The van der Waals surface area contributed by atoms with Crippen molar-refractivity contribution in [2.75, 3.05) is 5.32 Å². The molecule has 1 aliphatic rings. The van der Waals surface area contributed by atoms with E-state index in [0.717, 1.165) is 11.1 Å². The van der Waals surface area contributed by atoms with Crippen LogP contribution in [0, 0.1) is 5.92 Å². The fourth-order valence-electron chi connectivity index (χ4n) is 3.54. The number of benzene rings is 2. The first kappa shape index (κ1) is 18.8. The molecule has 2 unspecified atom stereocenters. The summed E-state index contributed by atoms with van der Waals surface area (Å²) < 4.78 is 0. The zero-order chi connectivity index (χ0) is 19.6. The Balaban J connectivity index is 1.80. The van der Waals surface area contributed by atoms with E-state index >= 15 is 0 Å². The third-order valence-electron chi connectivity index (χ3n) is 4.97. The molecule has 0 aromatic heterocycles. The average molecular weight is 364 g/mol. The van der Waals surface area contributed by atoms with Crippen LogP contribution in [0.25, 0.3) is 0 Å². The molecule has 27 heavy (non-hydrogen) atoms. The van der Waals surface area contributed by atoms with Crippen LogP contribution in [-0.4, -0.2) is 23.1 Å². The maximum absolute atomic E-state index is 12.9. The normalized spacial score (nSPS) is 22.0. The van der Waals surface area contributed by atoms with Crippen molar-refractivity contribution < 1.29 is 14.4 Å². The maximum atomic E-state index is 12.9. The molecule has 1 fully saturated rings. The molecular formula is C22H24N2O3. The van der Waals surface area contributed by atoms with Gasteiger partial charge in [0.25, 0.3) is 0 Å². The van der Waals surface area contributed by atoms with Crippen molar-refractivity contribution in [1.29, 1.82) is 0 Å². The Hall–Kier alpha value is -2.95. The van der Waals surface area contributed by atoms with Crippen molar-refractivity contribution in [2.24, 2.45) is 5.92 Å². The summed E-state index contributed by atoms with van der Waals surface area (Å²) in [6.45, 7) is 5.72. The number of carbonyl (C=O) groups excluding carboxylic acids is 3. The number of ketones is 1. The number of nitrogens with one attached hydrogen (secondary N) is 2.